The number of amides is 2. The van der Waals surface area contributed by atoms with Crippen LogP contribution < -0.4 is 10.6 Å². The normalized spacial score (nSPS) is 18.3. The smallest absolute Gasteiger partial charge is 0.243 e. The predicted molar refractivity (Wildman–Crippen MR) is 100 cm³/mol. The fourth-order valence-electron chi connectivity index (χ4n) is 2.77. The second kappa shape index (κ2) is 9.82. The number of hydrogen-bond acceptors (Lipinski definition) is 5. The number of nitrogens with one attached hydrogen (secondary N) is 2. The number of ether oxygens (including phenoxy) is 1. The molecule has 0 bridgehead atoms. The average Bonchev–Trinajstić information content (AvgIpc) is 2.63. The Kier molecular flexibility index (Phi) is 7.76. The minimum absolute atomic E-state index is 0.107. The van der Waals surface area contributed by atoms with Crippen molar-refractivity contribution in [3.05, 3.63) is 30.3 Å². The molecule has 2 rings (SSSR count). The van der Waals surface area contributed by atoms with Crippen molar-refractivity contribution in [1.82, 2.24) is 14.9 Å². The molecule has 0 spiro atoms. The summed E-state index contributed by atoms with van der Waals surface area (Å²) in [6.07, 6.45) is 0.554. The molecular formula is C18H27N3O5S. The molecule has 0 saturated carbocycles. The SMILES string of the molecule is CC(C)OCCCNC(=O)C[C@H]1C(=O)NCCN1S(=O)(=O)c1ccccc1. The summed E-state index contributed by atoms with van der Waals surface area (Å²) in [6.45, 7) is 5.14. The third-order valence-corrected chi connectivity index (χ3v) is 6.03. The lowest BCUT2D eigenvalue weighted by Crippen LogP contribution is -2.58. The van der Waals surface area contributed by atoms with Crippen LogP contribution in [0, 0.1) is 0 Å². The van der Waals surface area contributed by atoms with Gasteiger partial charge in [-0.2, -0.15) is 4.31 Å². The Hall–Kier alpha value is -1.97. The maximum Gasteiger partial charge on any atom is 0.243 e. The van der Waals surface area contributed by atoms with Gasteiger partial charge in [-0.25, -0.2) is 8.42 Å². The first kappa shape index (κ1) is 21.3. The van der Waals surface area contributed by atoms with Crippen LogP contribution in [-0.2, 0) is 24.3 Å². The first-order valence-corrected chi connectivity index (χ1v) is 10.5. The van der Waals surface area contributed by atoms with Gasteiger partial charge < -0.3 is 15.4 Å². The molecule has 1 aliphatic rings. The highest BCUT2D eigenvalue weighted by Crippen LogP contribution is 2.21. The average molecular weight is 397 g/mol. The van der Waals surface area contributed by atoms with Crippen molar-refractivity contribution in [2.24, 2.45) is 0 Å². The van der Waals surface area contributed by atoms with E-state index in [0.717, 1.165) is 4.31 Å². The van der Waals surface area contributed by atoms with Gasteiger partial charge in [0.15, 0.2) is 0 Å². The van der Waals surface area contributed by atoms with Gasteiger partial charge in [-0.05, 0) is 32.4 Å². The van der Waals surface area contributed by atoms with Gasteiger partial charge in [0.25, 0.3) is 0 Å². The van der Waals surface area contributed by atoms with Crippen molar-refractivity contribution in [3.63, 3.8) is 0 Å². The van der Waals surface area contributed by atoms with Crippen LogP contribution in [0.15, 0.2) is 35.2 Å². The van der Waals surface area contributed by atoms with Crippen LogP contribution in [0.1, 0.15) is 26.7 Å². The van der Waals surface area contributed by atoms with Crippen molar-refractivity contribution >= 4 is 21.8 Å². The number of rotatable bonds is 9. The highest BCUT2D eigenvalue weighted by atomic mass is 32.2. The summed E-state index contributed by atoms with van der Waals surface area (Å²) in [5.74, 6) is -0.825. The summed E-state index contributed by atoms with van der Waals surface area (Å²) in [7, 11) is -3.86. The fraction of sp³-hybridized carbons (Fsp3) is 0.556. The van der Waals surface area contributed by atoms with E-state index in [0.29, 0.717) is 19.6 Å². The number of sulfonamides is 1. The summed E-state index contributed by atoms with van der Waals surface area (Å²) >= 11 is 0. The van der Waals surface area contributed by atoms with Gasteiger partial charge in [-0.15, -0.1) is 0 Å². The van der Waals surface area contributed by atoms with Crippen molar-refractivity contribution in [3.8, 4) is 0 Å². The molecule has 9 heteroatoms. The van der Waals surface area contributed by atoms with Gasteiger partial charge in [0, 0.05) is 26.2 Å². The molecule has 0 unspecified atom stereocenters. The van der Waals surface area contributed by atoms with Gasteiger partial charge in [-0.3, -0.25) is 9.59 Å². The van der Waals surface area contributed by atoms with E-state index >= 15 is 0 Å². The second-order valence-electron chi connectivity index (χ2n) is 6.56. The standard InChI is InChI=1S/C18H27N3O5S/c1-14(2)26-12-6-9-19-17(22)13-16-18(23)20-10-11-21(16)27(24,25)15-7-4-3-5-8-15/h3-5,7-8,14,16H,6,9-13H2,1-2H3,(H,19,22)(H,20,23)/t16-/m0/s1. The summed E-state index contributed by atoms with van der Waals surface area (Å²) < 4.78 is 32.3. The van der Waals surface area contributed by atoms with Gasteiger partial charge in [-0.1, -0.05) is 18.2 Å². The lowest BCUT2D eigenvalue weighted by atomic mass is 10.1. The molecule has 8 nitrogen and oxygen atoms in total. The molecule has 150 valence electrons. The van der Waals surface area contributed by atoms with E-state index in [9.17, 15) is 18.0 Å². The molecule has 1 aromatic rings. The zero-order valence-electron chi connectivity index (χ0n) is 15.7. The zero-order valence-corrected chi connectivity index (χ0v) is 16.5. The molecular weight excluding hydrogens is 370 g/mol. The molecule has 0 aromatic heterocycles. The molecule has 1 aromatic carbocycles. The molecule has 2 N–H and O–H groups in total. The van der Waals surface area contributed by atoms with Gasteiger partial charge in [0.05, 0.1) is 17.4 Å². The minimum Gasteiger partial charge on any atom is -0.379 e. The Balaban J connectivity index is 1.99. The third kappa shape index (κ3) is 6.02. The Morgan fingerprint density at radius 2 is 2.04 bits per heavy atom. The van der Waals surface area contributed by atoms with Crippen molar-refractivity contribution in [2.75, 3.05) is 26.2 Å². The van der Waals surface area contributed by atoms with Gasteiger partial charge >= 0.3 is 0 Å². The summed E-state index contributed by atoms with van der Waals surface area (Å²) in [4.78, 5) is 24.6. The number of nitrogens with zero attached hydrogens (tertiary/aromatic N) is 1. The Morgan fingerprint density at radius 3 is 2.70 bits per heavy atom. The number of benzene rings is 1. The highest BCUT2D eigenvalue weighted by molar-refractivity contribution is 7.89. The largest absolute Gasteiger partial charge is 0.379 e. The summed E-state index contributed by atoms with van der Waals surface area (Å²) in [5, 5.41) is 5.35. The Labute approximate surface area is 160 Å². The maximum absolute atomic E-state index is 12.9. The Bertz CT molecular complexity index is 737. The van der Waals surface area contributed by atoms with Crippen LogP contribution >= 0.6 is 0 Å². The van der Waals surface area contributed by atoms with Crippen molar-refractivity contribution in [2.45, 2.75) is 43.7 Å². The molecule has 1 saturated heterocycles. The third-order valence-electron chi connectivity index (χ3n) is 4.10. The fourth-order valence-corrected chi connectivity index (χ4v) is 4.38. The predicted octanol–water partition coefficient (Wildman–Crippen LogP) is 0.497. The van der Waals surface area contributed by atoms with Crippen molar-refractivity contribution in [1.29, 1.82) is 0 Å². The van der Waals surface area contributed by atoms with Crippen LogP contribution in [-0.4, -0.2) is 62.9 Å². The highest BCUT2D eigenvalue weighted by Gasteiger charge is 2.39. The summed E-state index contributed by atoms with van der Waals surface area (Å²) in [6, 6.07) is 6.86. The first-order valence-electron chi connectivity index (χ1n) is 9.05. The zero-order chi connectivity index (χ0) is 19.9. The van der Waals surface area contributed by atoms with E-state index < -0.39 is 22.0 Å². The first-order chi connectivity index (χ1) is 12.8. The van der Waals surface area contributed by atoms with Gasteiger partial charge in [0.2, 0.25) is 21.8 Å². The molecule has 1 aliphatic heterocycles. The number of carbonyl (C=O) groups excluding carboxylic acids is 2. The second-order valence-corrected chi connectivity index (χ2v) is 8.45. The Morgan fingerprint density at radius 1 is 1.33 bits per heavy atom. The molecule has 0 radical (unpaired) electrons. The van der Waals surface area contributed by atoms with Crippen LogP contribution in [0.4, 0.5) is 0 Å². The number of piperazine rings is 1. The number of carbonyl (C=O) groups is 2. The van der Waals surface area contributed by atoms with Crippen LogP contribution in [0.2, 0.25) is 0 Å². The van der Waals surface area contributed by atoms with Crippen LogP contribution in [0.5, 0.6) is 0 Å². The van der Waals surface area contributed by atoms with Crippen molar-refractivity contribution < 1.29 is 22.7 Å². The van der Waals surface area contributed by atoms with E-state index in [2.05, 4.69) is 10.6 Å². The van der Waals surface area contributed by atoms with E-state index in [1.807, 2.05) is 13.8 Å². The van der Waals surface area contributed by atoms with Gasteiger partial charge in [0.1, 0.15) is 6.04 Å². The minimum atomic E-state index is -3.86. The molecule has 1 atom stereocenters. The van der Waals surface area contributed by atoms with Crippen LogP contribution in [0.3, 0.4) is 0 Å². The lowest BCUT2D eigenvalue weighted by molar-refractivity contribution is -0.131. The number of hydrogen-bond donors (Lipinski definition) is 2. The summed E-state index contributed by atoms with van der Waals surface area (Å²) in [5.41, 5.74) is 0. The van der Waals surface area contributed by atoms with E-state index in [1.165, 1.54) is 12.1 Å². The monoisotopic (exact) mass is 397 g/mol. The molecule has 1 heterocycles. The molecule has 2 amide bonds. The molecule has 1 fully saturated rings. The topological polar surface area (TPSA) is 105 Å². The maximum atomic E-state index is 12.9. The van der Waals surface area contributed by atoms with E-state index in [4.69, 9.17) is 4.74 Å². The van der Waals surface area contributed by atoms with E-state index in [1.54, 1.807) is 18.2 Å². The lowest BCUT2D eigenvalue weighted by Gasteiger charge is -2.33. The van der Waals surface area contributed by atoms with Crippen LogP contribution in [0.25, 0.3) is 0 Å². The molecule has 0 aliphatic carbocycles. The van der Waals surface area contributed by atoms with E-state index in [-0.39, 0.29) is 36.4 Å². The molecule has 27 heavy (non-hydrogen) atoms. The quantitative estimate of drug-likeness (QED) is 0.591.